The second kappa shape index (κ2) is 16.8. The van der Waals surface area contributed by atoms with Crippen molar-refractivity contribution in [2.45, 2.75) is 78.6 Å². The molecule has 8 aromatic carbocycles. The first kappa shape index (κ1) is 45.1. The Morgan fingerprint density at radius 1 is 0.417 bits per heavy atom. The Labute approximate surface area is 423 Å². The zero-order chi connectivity index (χ0) is 49.7. The van der Waals surface area contributed by atoms with Gasteiger partial charge in [-0.05, 0) is 99.2 Å². The lowest BCUT2D eigenvalue weighted by Gasteiger charge is -2.30. The van der Waals surface area contributed by atoms with Crippen molar-refractivity contribution < 1.29 is 4.74 Å². The fraction of sp³-hybridized carbons (Fsp3) is 0.197. The highest BCUT2D eigenvalue weighted by atomic mass is 16.5. The summed E-state index contributed by atoms with van der Waals surface area (Å²) in [5.41, 5.74) is 16.1. The van der Waals surface area contributed by atoms with Crippen molar-refractivity contribution in [3.05, 3.63) is 211 Å². The molecule has 0 saturated carbocycles. The van der Waals surface area contributed by atoms with E-state index in [1.165, 1.54) is 50.0 Å². The van der Waals surface area contributed by atoms with Gasteiger partial charge in [0.05, 0.1) is 39.1 Å². The molecule has 0 radical (unpaired) electrons. The van der Waals surface area contributed by atoms with Gasteiger partial charge >= 0.3 is 0 Å². The first-order valence-electron chi connectivity index (χ1n) is 25.3. The molecule has 4 heterocycles. The van der Waals surface area contributed by atoms with Crippen LogP contribution in [0.1, 0.15) is 79.0 Å². The highest BCUT2D eigenvalue weighted by Crippen LogP contribution is 2.51. The maximum absolute atomic E-state index is 7.23. The number of pyridine rings is 1. The number of ether oxygens (including phenoxy) is 1. The summed E-state index contributed by atoms with van der Waals surface area (Å²) in [5, 5.41) is 4.70. The zero-order valence-corrected chi connectivity index (χ0v) is 42.8. The van der Waals surface area contributed by atoms with Gasteiger partial charge in [-0.3, -0.25) is 4.57 Å². The van der Waals surface area contributed by atoms with Gasteiger partial charge in [0.2, 0.25) is 0 Å². The number of rotatable bonds is 7. The quantitative estimate of drug-likeness (QED) is 0.160. The van der Waals surface area contributed by atoms with E-state index in [9.17, 15) is 0 Å². The summed E-state index contributed by atoms with van der Waals surface area (Å²) in [5.74, 6) is 2.35. The van der Waals surface area contributed by atoms with Crippen LogP contribution in [0.4, 0.5) is 22.7 Å². The van der Waals surface area contributed by atoms with E-state index in [2.05, 4.69) is 269 Å². The summed E-state index contributed by atoms with van der Waals surface area (Å²) < 4.78 is 12.0. The van der Waals surface area contributed by atoms with Crippen LogP contribution >= 0.6 is 0 Å². The van der Waals surface area contributed by atoms with E-state index in [0.717, 1.165) is 67.2 Å². The molecular formula is C66H61N5O. The molecule has 0 aliphatic carbocycles. The lowest BCUT2D eigenvalue weighted by atomic mass is 9.80. The van der Waals surface area contributed by atoms with E-state index in [1.807, 2.05) is 6.20 Å². The van der Waals surface area contributed by atoms with Crippen molar-refractivity contribution in [1.82, 2.24) is 14.1 Å². The number of anilines is 4. The maximum Gasteiger partial charge on any atom is 0.137 e. The highest BCUT2D eigenvalue weighted by Gasteiger charge is 2.33. The second-order valence-electron chi connectivity index (χ2n) is 22.6. The van der Waals surface area contributed by atoms with Crippen LogP contribution in [0.15, 0.2) is 194 Å². The largest absolute Gasteiger partial charge is 0.457 e. The van der Waals surface area contributed by atoms with Crippen molar-refractivity contribution in [2.24, 2.45) is 0 Å². The number of nitrogens with zero attached hydrogens (tertiary/aromatic N) is 5. The molecule has 6 nitrogen and oxygen atoms in total. The Morgan fingerprint density at radius 3 is 1.67 bits per heavy atom. The molecule has 1 aliphatic heterocycles. The minimum atomic E-state index is -0.0638. The molecule has 12 rings (SSSR count). The van der Waals surface area contributed by atoms with Crippen LogP contribution in [0.5, 0.6) is 11.5 Å². The number of para-hydroxylation sites is 4. The van der Waals surface area contributed by atoms with Crippen molar-refractivity contribution in [2.75, 3.05) is 16.5 Å². The van der Waals surface area contributed by atoms with Gasteiger partial charge in [0.1, 0.15) is 24.0 Å². The van der Waals surface area contributed by atoms with Crippen LogP contribution < -0.4 is 14.5 Å². The van der Waals surface area contributed by atoms with Crippen molar-refractivity contribution in [3.63, 3.8) is 0 Å². The molecule has 1 aliphatic rings. The van der Waals surface area contributed by atoms with Gasteiger partial charge in [-0.25, -0.2) is 4.98 Å². The van der Waals surface area contributed by atoms with Crippen LogP contribution in [0.25, 0.3) is 66.2 Å². The fourth-order valence-electron chi connectivity index (χ4n) is 10.8. The Balaban J connectivity index is 1.04. The maximum atomic E-state index is 7.23. The predicted molar refractivity (Wildman–Crippen MR) is 303 cm³/mol. The molecule has 0 spiro atoms. The number of benzene rings is 8. The Morgan fingerprint density at radius 2 is 1.01 bits per heavy atom. The van der Waals surface area contributed by atoms with E-state index in [0.29, 0.717) is 6.67 Å². The van der Waals surface area contributed by atoms with Gasteiger partial charge in [0.15, 0.2) is 0 Å². The number of fused-ring (bicyclic) bond motifs is 7. The molecule has 0 saturated heterocycles. The standard InChI is InChI=1S/C66H61N5O/c1-64(2,3)44-33-34-67-61(38-44)71-57-31-18-15-27-54(57)62-59(70-55-29-16-13-25-52(55)53-26-14-17-30-56(53)70)40-50(41-60(62)71)72-49-24-19-23-47(39-49)68-42-69(48-36-45(65(4,5)6)35-46(37-48)66(7,8)9)63-51(28-20-32-58(63)68)43-21-11-10-12-22-43/h10-41H,42H2,1-9H3. The first-order chi connectivity index (χ1) is 34.6. The molecule has 0 bridgehead atoms. The van der Waals surface area contributed by atoms with E-state index < -0.39 is 0 Å². The molecule has 356 valence electrons. The molecule has 0 fully saturated rings. The molecular weight excluding hydrogens is 879 g/mol. The van der Waals surface area contributed by atoms with E-state index in [4.69, 9.17) is 9.72 Å². The van der Waals surface area contributed by atoms with Gasteiger partial charge in [0.25, 0.3) is 0 Å². The first-order valence-corrected chi connectivity index (χ1v) is 25.3. The summed E-state index contributed by atoms with van der Waals surface area (Å²) in [6.45, 7) is 21.3. The molecule has 6 heteroatoms. The topological polar surface area (TPSA) is 38.5 Å². The summed E-state index contributed by atoms with van der Waals surface area (Å²) in [6, 6.07) is 68.3. The van der Waals surface area contributed by atoms with E-state index >= 15 is 0 Å². The van der Waals surface area contributed by atoms with Crippen LogP contribution in [0, 0.1) is 0 Å². The van der Waals surface area contributed by atoms with Gasteiger partial charge in [-0.2, -0.15) is 0 Å². The van der Waals surface area contributed by atoms with Crippen LogP contribution in [-0.4, -0.2) is 20.8 Å². The number of hydrogen-bond acceptors (Lipinski definition) is 4. The monoisotopic (exact) mass is 939 g/mol. The minimum Gasteiger partial charge on any atom is -0.457 e. The molecule has 0 atom stereocenters. The van der Waals surface area contributed by atoms with Gasteiger partial charge < -0.3 is 19.1 Å². The molecule has 11 aromatic rings. The summed E-state index contributed by atoms with van der Waals surface area (Å²) in [6.07, 6.45) is 1.95. The van der Waals surface area contributed by atoms with Gasteiger partial charge in [-0.15, -0.1) is 0 Å². The molecule has 0 unspecified atom stereocenters. The number of hydrogen-bond donors (Lipinski definition) is 0. The van der Waals surface area contributed by atoms with E-state index in [-0.39, 0.29) is 16.2 Å². The fourth-order valence-corrected chi connectivity index (χ4v) is 10.8. The Hall–Kier alpha value is -8.09. The van der Waals surface area contributed by atoms with Gasteiger partial charge in [0, 0.05) is 62.9 Å². The number of aromatic nitrogens is 3. The molecule has 72 heavy (non-hydrogen) atoms. The summed E-state index contributed by atoms with van der Waals surface area (Å²) in [7, 11) is 0. The summed E-state index contributed by atoms with van der Waals surface area (Å²) >= 11 is 0. The third kappa shape index (κ3) is 7.68. The van der Waals surface area contributed by atoms with Crippen LogP contribution in [0.2, 0.25) is 0 Å². The lowest BCUT2D eigenvalue weighted by Crippen LogP contribution is -2.25. The van der Waals surface area contributed by atoms with Crippen molar-refractivity contribution >= 4 is 66.4 Å². The average molecular weight is 940 g/mol. The third-order valence-electron chi connectivity index (χ3n) is 14.7. The van der Waals surface area contributed by atoms with Crippen molar-refractivity contribution in [1.29, 1.82) is 0 Å². The smallest absolute Gasteiger partial charge is 0.137 e. The lowest BCUT2D eigenvalue weighted by molar-refractivity contribution is 0.483. The second-order valence-corrected chi connectivity index (χ2v) is 22.6. The third-order valence-corrected chi connectivity index (χ3v) is 14.7. The van der Waals surface area contributed by atoms with Crippen LogP contribution in [-0.2, 0) is 16.2 Å². The van der Waals surface area contributed by atoms with Crippen LogP contribution in [0.3, 0.4) is 0 Å². The average Bonchev–Trinajstić information content (AvgIpc) is 4.04. The Kier molecular flexibility index (Phi) is 10.5. The summed E-state index contributed by atoms with van der Waals surface area (Å²) in [4.78, 5) is 10.0. The zero-order valence-electron chi connectivity index (χ0n) is 42.8. The van der Waals surface area contributed by atoms with Gasteiger partial charge in [-0.1, -0.05) is 172 Å². The SMILES string of the molecule is CC(C)(C)c1cc(N2CN(c3cccc(Oc4cc(-n5c6ccccc6c6ccccc65)c5c6ccccc6n(-c6cc(C(C)(C)C)ccn6)c5c4)c3)c3cccc(-c4ccccc4)c32)cc(C(C)(C)C)c1. The predicted octanol–water partition coefficient (Wildman–Crippen LogP) is 17.9. The molecule has 0 N–H and O–H groups in total. The normalized spacial score (nSPS) is 13.2. The minimum absolute atomic E-state index is 0.0331. The van der Waals surface area contributed by atoms with E-state index in [1.54, 1.807) is 0 Å². The molecule has 3 aromatic heterocycles. The van der Waals surface area contributed by atoms with Crippen molar-refractivity contribution in [3.8, 4) is 34.1 Å². The Bertz CT molecular complexity index is 3810. The highest BCUT2D eigenvalue weighted by molar-refractivity contribution is 6.17. The molecule has 0 amide bonds.